The fourth-order valence-corrected chi connectivity index (χ4v) is 6.49. The van der Waals surface area contributed by atoms with Crippen LogP contribution in [0.25, 0.3) is 6.08 Å². The lowest BCUT2D eigenvalue weighted by Crippen LogP contribution is -2.56. The number of fused-ring (bicyclic) bond motifs is 1. The number of piperidine rings is 1. The monoisotopic (exact) mass is 488 g/mol. The molecule has 5 rings (SSSR count). The van der Waals surface area contributed by atoms with E-state index in [-0.39, 0.29) is 17.4 Å². The Balaban J connectivity index is 1.34. The van der Waals surface area contributed by atoms with E-state index in [9.17, 15) is 4.79 Å². The van der Waals surface area contributed by atoms with Gasteiger partial charge in [-0.1, -0.05) is 24.3 Å². The van der Waals surface area contributed by atoms with E-state index >= 15 is 0 Å². The first-order valence-corrected chi connectivity index (χ1v) is 13.5. The molecule has 0 radical (unpaired) electrons. The van der Waals surface area contributed by atoms with E-state index < -0.39 is 0 Å². The summed E-state index contributed by atoms with van der Waals surface area (Å²) in [6, 6.07) is 16.7. The molecule has 1 aliphatic heterocycles. The molecule has 3 fully saturated rings. The summed E-state index contributed by atoms with van der Waals surface area (Å²) in [5.41, 5.74) is 2.44. The molecule has 0 N–H and O–H groups in total. The Kier molecular flexibility index (Phi) is 7.38. The maximum absolute atomic E-state index is 13.2. The van der Waals surface area contributed by atoms with Gasteiger partial charge in [0.15, 0.2) is 0 Å². The highest BCUT2D eigenvalue weighted by molar-refractivity contribution is 5.91. The number of methoxy groups -OCH3 is 2. The number of likely N-dealkylation sites (N-methyl/N-ethyl adjacent to an activating group) is 1. The summed E-state index contributed by atoms with van der Waals surface area (Å²) in [5, 5.41) is 0. The maximum atomic E-state index is 13.2. The van der Waals surface area contributed by atoms with Gasteiger partial charge in [0.05, 0.1) is 14.2 Å². The smallest absolute Gasteiger partial charge is 0.246 e. The largest absolute Gasteiger partial charge is 0.497 e. The summed E-state index contributed by atoms with van der Waals surface area (Å²) in [5.74, 6) is 3.32. The third-order valence-electron chi connectivity index (χ3n) is 8.85. The first-order valence-electron chi connectivity index (χ1n) is 13.5. The van der Waals surface area contributed by atoms with Crippen LogP contribution in [0.4, 0.5) is 0 Å². The van der Waals surface area contributed by atoms with Crippen molar-refractivity contribution in [2.45, 2.75) is 50.0 Å². The van der Waals surface area contributed by atoms with Gasteiger partial charge in [0.1, 0.15) is 11.5 Å². The second-order valence-electron chi connectivity index (χ2n) is 11.0. The number of likely N-dealkylation sites (tertiary alicyclic amines) is 1. The molecule has 1 heterocycles. The molecule has 2 aromatic rings. The Labute approximate surface area is 216 Å². The summed E-state index contributed by atoms with van der Waals surface area (Å²) in [7, 11) is 5.38. The minimum Gasteiger partial charge on any atom is -0.497 e. The Morgan fingerprint density at radius 2 is 1.81 bits per heavy atom. The van der Waals surface area contributed by atoms with Crippen molar-refractivity contribution < 1.29 is 14.3 Å². The topological polar surface area (TPSA) is 42.0 Å². The lowest BCUT2D eigenvalue weighted by Gasteiger charge is -2.54. The van der Waals surface area contributed by atoms with Crippen molar-refractivity contribution in [3.05, 3.63) is 65.7 Å². The standard InChI is InChI=1S/C31H40N2O3/c1-32(30(34)15-12-23-6-4-8-28(18-23)35-2)27-14-13-26-22-33(21-24-10-11-24)17-16-31(26,20-27)25-7-5-9-29(19-25)36-3/h4-9,12,15,18-19,24,26-27H,10-11,13-14,16-17,20-22H2,1-3H3/t26-,27-,31+/m1/s1. The molecule has 1 amide bonds. The zero-order valence-corrected chi connectivity index (χ0v) is 22.0. The van der Waals surface area contributed by atoms with Crippen LogP contribution in [0.5, 0.6) is 11.5 Å². The zero-order valence-electron chi connectivity index (χ0n) is 22.0. The van der Waals surface area contributed by atoms with Crippen molar-refractivity contribution in [3.8, 4) is 11.5 Å². The molecule has 5 nitrogen and oxygen atoms in total. The lowest BCUT2D eigenvalue weighted by atomic mass is 9.57. The first kappa shape index (κ1) is 24.9. The zero-order chi connectivity index (χ0) is 25.1. The van der Waals surface area contributed by atoms with E-state index in [2.05, 4.69) is 23.1 Å². The Bertz CT molecular complexity index is 1090. The van der Waals surface area contributed by atoms with E-state index in [0.29, 0.717) is 5.92 Å². The number of ether oxygens (including phenoxy) is 2. The summed E-state index contributed by atoms with van der Waals surface area (Å²) in [6.07, 6.45) is 10.8. The molecule has 0 bridgehead atoms. The molecular weight excluding hydrogens is 448 g/mol. The van der Waals surface area contributed by atoms with Gasteiger partial charge in [0, 0.05) is 37.7 Å². The third kappa shape index (κ3) is 5.31. The number of benzene rings is 2. The van der Waals surface area contributed by atoms with Crippen molar-refractivity contribution in [2.75, 3.05) is 40.9 Å². The molecule has 1 saturated heterocycles. The normalized spacial score (nSPS) is 26.4. The molecule has 192 valence electrons. The maximum Gasteiger partial charge on any atom is 0.246 e. The molecular formula is C31H40N2O3. The number of hydrogen-bond donors (Lipinski definition) is 0. The lowest BCUT2D eigenvalue weighted by molar-refractivity contribution is -0.128. The molecule has 36 heavy (non-hydrogen) atoms. The van der Waals surface area contributed by atoms with Gasteiger partial charge >= 0.3 is 0 Å². The summed E-state index contributed by atoms with van der Waals surface area (Å²) < 4.78 is 10.9. The van der Waals surface area contributed by atoms with Crippen molar-refractivity contribution in [1.29, 1.82) is 0 Å². The van der Waals surface area contributed by atoms with Crippen molar-refractivity contribution in [1.82, 2.24) is 9.80 Å². The quantitative estimate of drug-likeness (QED) is 0.467. The van der Waals surface area contributed by atoms with Crippen LogP contribution in [0.3, 0.4) is 0 Å². The van der Waals surface area contributed by atoms with Crippen molar-refractivity contribution in [3.63, 3.8) is 0 Å². The van der Waals surface area contributed by atoms with Gasteiger partial charge in [-0.05, 0) is 98.4 Å². The molecule has 2 aliphatic carbocycles. The molecule has 3 atom stereocenters. The van der Waals surface area contributed by atoms with Crippen LogP contribution in [0, 0.1) is 11.8 Å². The number of amides is 1. The van der Waals surface area contributed by atoms with Gasteiger partial charge in [-0.3, -0.25) is 4.79 Å². The molecule has 2 saturated carbocycles. The number of rotatable bonds is 8. The number of hydrogen-bond acceptors (Lipinski definition) is 4. The summed E-state index contributed by atoms with van der Waals surface area (Å²) >= 11 is 0. The highest BCUT2D eigenvalue weighted by Gasteiger charge is 2.49. The molecule has 0 aromatic heterocycles. The highest BCUT2D eigenvalue weighted by Crippen LogP contribution is 2.51. The van der Waals surface area contributed by atoms with Crippen LogP contribution in [0.1, 0.15) is 49.7 Å². The van der Waals surface area contributed by atoms with E-state index in [0.717, 1.165) is 55.2 Å². The minimum atomic E-state index is 0.0632. The SMILES string of the molecule is COc1cccc(C=CC(=O)N(C)[C@@H]2CC[C@@H]3CN(CC4CC4)CC[C@@]3(c3cccc(OC)c3)C2)c1. The highest BCUT2D eigenvalue weighted by atomic mass is 16.5. The summed E-state index contributed by atoms with van der Waals surface area (Å²) in [4.78, 5) is 17.9. The Hall–Kier alpha value is -2.79. The van der Waals surface area contributed by atoms with Crippen LogP contribution in [0.2, 0.25) is 0 Å². The van der Waals surface area contributed by atoms with Gasteiger partial charge in [-0.15, -0.1) is 0 Å². The van der Waals surface area contributed by atoms with Crippen LogP contribution in [-0.2, 0) is 10.2 Å². The molecule has 0 unspecified atom stereocenters. The fourth-order valence-electron chi connectivity index (χ4n) is 6.49. The predicted octanol–water partition coefficient (Wildman–Crippen LogP) is 5.40. The van der Waals surface area contributed by atoms with Crippen LogP contribution < -0.4 is 9.47 Å². The Morgan fingerprint density at radius 3 is 2.56 bits per heavy atom. The second kappa shape index (κ2) is 10.7. The van der Waals surface area contributed by atoms with Crippen LogP contribution in [-0.4, -0.2) is 62.7 Å². The number of nitrogens with zero attached hydrogens (tertiary/aromatic N) is 2. The van der Waals surface area contributed by atoms with Gasteiger partial charge in [0.25, 0.3) is 0 Å². The van der Waals surface area contributed by atoms with Crippen molar-refractivity contribution in [2.24, 2.45) is 11.8 Å². The van der Waals surface area contributed by atoms with E-state index in [1.165, 1.54) is 31.5 Å². The number of carbonyl (C=O) groups is 1. The number of carbonyl (C=O) groups excluding carboxylic acids is 1. The first-order chi connectivity index (χ1) is 17.5. The predicted molar refractivity (Wildman–Crippen MR) is 144 cm³/mol. The van der Waals surface area contributed by atoms with Crippen LogP contribution >= 0.6 is 0 Å². The molecule has 3 aliphatic rings. The van der Waals surface area contributed by atoms with Gasteiger partial charge < -0.3 is 19.3 Å². The van der Waals surface area contributed by atoms with E-state index in [1.54, 1.807) is 20.3 Å². The van der Waals surface area contributed by atoms with E-state index in [4.69, 9.17) is 9.47 Å². The average molecular weight is 489 g/mol. The fraction of sp³-hybridized carbons (Fsp3) is 0.516. The van der Waals surface area contributed by atoms with Gasteiger partial charge in [-0.25, -0.2) is 0 Å². The third-order valence-corrected chi connectivity index (χ3v) is 8.85. The average Bonchev–Trinajstić information content (AvgIpc) is 3.75. The molecule has 5 heteroatoms. The van der Waals surface area contributed by atoms with Crippen LogP contribution in [0.15, 0.2) is 54.6 Å². The molecule has 2 aromatic carbocycles. The summed E-state index contributed by atoms with van der Waals surface area (Å²) in [6.45, 7) is 3.58. The molecule has 0 spiro atoms. The Morgan fingerprint density at radius 1 is 1.06 bits per heavy atom. The van der Waals surface area contributed by atoms with E-state index in [1.807, 2.05) is 48.4 Å². The van der Waals surface area contributed by atoms with Crippen molar-refractivity contribution >= 4 is 12.0 Å². The van der Waals surface area contributed by atoms with Gasteiger partial charge in [-0.2, -0.15) is 0 Å². The van der Waals surface area contributed by atoms with Gasteiger partial charge in [0.2, 0.25) is 5.91 Å². The minimum absolute atomic E-state index is 0.0632. The second-order valence-corrected chi connectivity index (χ2v) is 11.0.